The lowest BCUT2D eigenvalue weighted by Gasteiger charge is -2.16. The number of carboxylic acids is 1. The molecule has 1 fully saturated rings. The molecule has 3 atom stereocenters. The Bertz CT molecular complexity index is 265. The molecule has 0 bridgehead atoms. The zero-order valence-corrected chi connectivity index (χ0v) is 9.28. The van der Waals surface area contributed by atoms with Gasteiger partial charge >= 0.3 is 5.97 Å². The molecule has 5 nitrogen and oxygen atoms in total. The number of nitrogens with one attached hydrogen (secondary N) is 2. The summed E-state index contributed by atoms with van der Waals surface area (Å²) in [5.74, 6) is -1.20. The molecule has 86 valence electrons. The van der Waals surface area contributed by atoms with Gasteiger partial charge in [0.1, 0.15) is 0 Å². The van der Waals surface area contributed by atoms with Crippen LogP contribution in [-0.4, -0.2) is 29.2 Å². The molecule has 1 rings (SSSR count). The molecule has 1 aliphatic heterocycles. The van der Waals surface area contributed by atoms with Crippen molar-refractivity contribution in [1.82, 2.24) is 10.6 Å². The summed E-state index contributed by atoms with van der Waals surface area (Å²) < 4.78 is 0. The van der Waals surface area contributed by atoms with Gasteiger partial charge in [-0.2, -0.15) is 0 Å². The second-order valence-electron chi connectivity index (χ2n) is 4.46. The molecule has 1 heterocycles. The van der Waals surface area contributed by atoms with E-state index in [0.717, 1.165) is 6.42 Å². The summed E-state index contributed by atoms with van der Waals surface area (Å²) in [7, 11) is 0. The Morgan fingerprint density at radius 2 is 2.07 bits per heavy atom. The molecule has 2 unspecified atom stereocenters. The van der Waals surface area contributed by atoms with Crippen LogP contribution in [0.5, 0.6) is 0 Å². The summed E-state index contributed by atoms with van der Waals surface area (Å²) in [6.45, 7) is 5.64. The fourth-order valence-electron chi connectivity index (χ4n) is 1.65. The second-order valence-corrected chi connectivity index (χ2v) is 4.46. The van der Waals surface area contributed by atoms with Crippen LogP contribution in [0.3, 0.4) is 0 Å². The van der Waals surface area contributed by atoms with Gasteiger partial charge in [0.15, 0.2) is 0 Å². The van der Waals surface area contributed by atoms with E-state index in [-0.39, 0.29) is 11.9 Å². The zero-order valence-electron chi connectivity index (χ0n) is 9.28. The quantitative estimate of drug-likeness (QED) is 0.623. The summed E-state index contributed by atoms with van der Waals surface area (Å²) >= 11 is 0. The topological polar surface area (TPSA) is 78.4 Å². The van der Waals surface area contributed by atoms with Crippen LogP contribution in [0, 0.1) is 11.8 Å². The number of carbonyl (C=O) groups is 2. The van der Waals surface area contributed by atoms with E-state index >= 15 is 0 Å². The molecule has 0 aliphatic carbocycles. The first-order chi connectivity index (χ1) is 6.91. The molecule has 0 aromatic rings. The first-order valence-electron chi connectivity index (χ1n) is 5.21. The average Bonchev–Trinajstić information content (AvgIpc) is 2.45. The summed E-state index contributed by atoms with van der Waals surface area (Å²) in [5, 5.41) is 14.5. The van der Waals surface area contributed by atoms with E-state index < -0.39 is 18.1 Å². The maximum atomic E-state index is 11.5. The van der Waals surface area contributed by atoms with Crippen molar-refractivity contribution in [3.05, 3.63) is 0 Å². The van der Waals surface area contributed by atoms with Crippen molar-refractivity contribution in [2.75, 3.05) is 0 Å². The highest BCUT2D eigenvalue weighted by atomic mass is 16.4. The maximum Gasteiger partial charge on any atom is 0.309 e. The van der Waals surface area contributed by atoms with E-state index in [9.17, 15) is 9.59 Å². The lowest BCUT2D eigenvalue weighted by Crippen LogP contribution is -2.42. The van der Waals surface area contributed by atoms with Gasteiger partial charge in [-0.15, -0.1) is 0 Å². The molecule has 0 aromatic heterocycles. The van der Waals surface area contributed by atoms with E-state index in [2.05, 4.69) is 10.6 Å². The molecule has 3 N–H and O–H groups in total. The van der Waals surface area contributed by atoms with Crippen LogP contribution in [0.4, 0.5) is 0 Å². The van der Waals surface area contributed by atoms with E-state index in [1.54, 1.807) is 6.92 Å². The highest BCUT2D eigenvalue weighted by Crippen LogP contribution is 2.13. The number of rotatable bonds is 4. The van der Waals surface area contributed by atoms with Crippen molar-refractivity contribution < 1.29 is 14.7 Å². The van der Waals surface area contributed by atoms with E-state index in [1.807, 2.05) is 13.8 Å². The van der Waals surface area contributed by atoms with Gasteiger partial charge in [-0.1, -0.05) is 13.8 Å². The molecule has 1 aliphatic rings. The smallest absolute Gasteiger partial charge is 0.309 e. The SMILES string of the molecule is CC(C)C[C@@H]1NC(C(C)C(=O)O)NC1=O. The molecule has 0 spiro atoms. The third kappa shape index (κ3) is 2.92. The molecular formula is C10H18N2O3. The van der Waals surface area contributed by atoms with Crippen LogP contribution in [0.15, 0.2) is 0 Å². The number of amides is 1. The molecule has 0 aromatic carbocycles. The van der Waals surface area contributed by atoms with Crippen molar-refractivity contribution in [2.45, 2.75) is 39.4 Å². The van der Waals surface area contributed by atoms with Crippen molar-refractivity contribution in [2.24, 2.45) is 11.8 Å². The summed E-state index contributed by atoms with van der Waals surface area (Å²) in [6, 6.07) is -0.253. The Hall–Kier alpha value is -1.10. The molecule has 1 saturated heterocycles. The Kier molecular flexibility index (Phi) is 3.68. The molecule has 15 heavy (non-hydrogen) atoms. The second kappa shape index (κ2) is 4.61. The predicted molar refractivity (Wildman–Crippen MR) is 55.1 cm³/mol. The highest BCUT2D eigenvalue weighted by molar-refractivity contribution is 5.85. The first-order valence-corrected chi connectivity index (χ1v) is 5.21. The van der Waals surface area contributed by atoms with Gasteiger partial charge in [0.25, 0.3) is 0 Å². The standard InChI is InChI=1S/C10H18N2O3/c1-5(2)4-7-9(13)12-8(11-7)6(3)10(14)15/h5-8,11H,4H2,1-3H3,(H,12,13)(H,14,15)/t6?,7-,8?/m0/s1. The third-order valence-electron chi connectivity index (χ3n) is 2.59. The van der Waals surface area contributed by atoms with Crippen LogP contribution in [-0.2, 0) is 9.59 Å². The number of hydrogen-bond acceptors (Lipinski definition) is 3. The first kappa shape index (κ1) is 12.0. The maximum absolute atomic E-state index is 11.5. The summed E-state index contributed by atoms with van der Waals surface area (Å²) in [4.78, 5) is 22.2. The zero-order chi connectivity index (χ0) is 11.6. The molecule has 1 amide bonds. The highest BCUT2D eigenvalue weighted by Gasteiger charge is 2.36. The van der Waals surface area contributed by atoms with Crippen molar-refractivity contribution in [3.8, 4) is 0 Å². The summed E-state index contributed by atoms with van der Waals surface area (Å²) in [6.07, 6.45) is 0.285. The van der Waals surface area contributed by atoms with Gasteiger partial charge in [0.05, 0.1) is 18.1 Å². The Labute approximate surface area is 89.2 Å². The van der Waals surface area contributed by atoms with Crippen LogP contribution in [0.2, 0.25) is 0 Å². The number of aliphatic carboxylic acids is 1. The fraction of sp³-hybridized carbons (Fsp3) is 0.800. The van der Waals surface area contributed by atoms with Gasteiger partial charge in [0.2, 0.25) is 5.91 Å². The van der Waals surface area contributed by atoms with Crippen molar-refractivity contribution in [3.63, 3.8) is 0 Å². The minimum Gasteiger partial charge on any atom is -0.481 e. The van der Waals surface area contributed by atoms with Crippen molar-refractivity contribution >= 4 is 11.9 Å². The lowest BCUT2D eigenvalue weighted by molar-refractivity contribution is -0.142. The molecule has 5 heteroatoms. The minimum absolute atomic E-state index is 0.0956. The Morgan fingerprint density at radius 1 is 1.47 bits per heavy atom. The van der Waals surface area contributed by atoms with Gasteiger partial charge in [-0.25, -0.2) is 0 Å². The normalized spacial score (nSPS) is 27.9. The van der Waals surface area contributed by atoms with E-state index in [0.29, 0.717) is 5.92 Å². The minimum atomic E-state index is -0.905. The lowest BCUT2D eigenvalue weighted by atomic mass is 10.0. The van der Waals surface area contributed by atoms with Gasteiger partial charge in [0, 0.05) is 0 Å². The van der Waals surface area contributed by atoms with Gasteiger partial charge in [-0.3, -0.25) is 14.9 Å². The van der Waals surface area contributed by atoms with Gasteiger partial charge < -0.3 is 10.4 Å². The van der Waals surface area contributed by atoms with E-state index in [1.165, 1.54) is 0 Å². The molecule has 0 radical (unpaired) electrons. The summed E-state index contributed by atoms with van der Waals surface area (Å²) in [5.41, 5.74) is 0. The molecular weight excluding hydrogens is 196 g/mol. The number of hydrogen-bond donors (Lipinski definition) is 3. The fourth-order valence-corrected chi connectivity index (χ4v) is 1.65. The number of carboxylic acid groups (broad SMARTS) is 1. The van der Waals surface area contributed by atoms with Crippen molar-refractivity contribution in [1.29, 1.82) is 0 Å². The van der Waals surface area contributed by atoms with Crippen LogP contribution in [0.1, 0.15) is 27.2 Å². The van der Waals surface area contributed by atoms with Crippen LogP contribution in [0.25, 0.3) is 0 Å². The number of carbonyl (C=O) groups excluding carboxylic acids is 1. The van der Waals surface area contributed by atoms with E-state index in [4.69, 9.17) is 5.11 Å². The Balaban J connectivity index is 2.55. The monoisotopic (exact) mass is 214 g/mol. The molecule has 0 saturated carbocycles. The Morgan fingerprint density at radius 3 is 2.53 bits per heavy atom. The van der Waals surface area contributed by atoms with Crippen LogP contribution >= 0.6 is 0 Å². The van der Waals surface area contributed by atoms with Gasteiger partial charge in [-0.05, 0) is 19.3 Å². The third-order valence-corrected chi connectivity index (χ3v) is 2.59. The van der Waals surface area contributed by atoms with Crippen LogP contribution < -0.4 is 10.6 Å². The average molecular weight is 214 g/mol. The largest absolute Gasteiger partial charge is 0.481 e. The predicted octanol–water partition coefficient (Wildman–Crippen LogP) is 0.167.